The van der Waals surface area contributed by atoms with Gasteiger partial charge in [0.2, 0.25) is 0 Å². The normalized spacial score (nSPS) is 12.5. The molecule has 0 atom stereocenters. The van der Waals surface area contributed by atoms with Crippen LogP contribution in [-0.2, 0) is 4.43 Å². The Labute approximate surface area is 82.4 Å². The molecule has 1 aromatic carbocycles. The number of allylic oxidation sites excluding steroid dienone is 2. The van der Waals surface area contributed by atoms with Gasteiger partial charge in [0, 0.05) is 7.11 Å². The van der Waals surface area contributed by atoms with Crippen molar-refractivity contribution in [3.8, 4) is 0 Å². The lowest BCUT2D eigenvalue weighted by atomic mass is 10.1. The maximum Gasteiger partial charge on any atom is 0.263 e. The topological polar surface area (TPSA) is 9.23 Å². The molecule has 0 amide bonds. The van der Waals surface area contributed by atoms with Crippen LogP contribution in [0.4, 0.5) is 0 Å². The van der Waals surface area contributed by atoms with Gasteiger partial charge in [0.15, 0.2) is 0 Å². The van der Waals surface area contributed by atoms with Gasteiger partial charge in [0.05, 0.1) is 0 Å². The van der Waals surface area contributed by atoms with E-state index >= 15 is 0 Å². The first-order chi connectivity index (χ1) is 6.25. The predicted molar refractivity (Wildman–Crippen MR) is 57.5 cm³/mol. The highest BCUT2D eigenvalue weighted by atomic mass is 28.2. The SMILES string of the molecule is CO[Si]C(C)=C(C)c1ccccc1. The Balaban J connectivity index is 2.89. The molecule has 0 bridgehead atoms. The molecular formula is C11H14OSi. The maximum atomic E-state index is 5.12. The van der Waals surface area contributed by atoms with Crippen molar-refractivity contribution in [1.82, 2.24) is 0 Å². The molecule has 0 N–H and O–H groups in total. The van der Waals surface area contributed by atoms with Gasteiger partial charge in [0.25, 0.3) is 9.76 Å². The molecule has 0 fully saturated rings. The quantitative estimate of drug-likeness (QED) is 0.666. The van der Waals surface area contributed by atoms with Crippen molar-refractivity contribution in [2.45, 2.75) is 13.8 Å². The highest BCUT2D eigenvalue weighted by Crippen LogP contribution is 2.16. The highest BCUT2D eigenvalue weighted by molar-refractivity contribution is 6.39. The molecule has 0 unspecified atom stereocenters. The first kappa shape index (κ1) is 10.2. The fourth-order valence-electron chi connectivity index (χ4n) is 1.13. The minimum atomic E-state index is 0.474. The smallest absolute Gasteiger partial charge is 0.263 e. The Morgan fingerprint density at radius 1 is 1.15 bits per heavy atom. The van der Waals surface area contributed by atoms with Gasteiger partial charge < -0.3 is 4.43 Å². The fraction of sp³-hybridized carbons (Fsp3) is 0.273. The van der Waals surface area contributed by atoms with Crippen LogP contribution < -0.4 is 0 Å². The first-order valence-electron chi connectivity index (χ1n) is 4.27. The summed E-state index contributed by atoms with van der Waals surface area (Å²) in [7, 11) is 2.21. The summed E-state index contributed by atoms with van der Waals surface area (Å²) in [5.74, 6) is 0. The largest absolute Gasteiger partial charge is 0.415 e. The molecule has 68 valence electrons. The molecule has 0 saturated heterocycles. The summed E-state index contributed by atoms with van der Waals surface area (Å²) in [6.45, 7) is 4.25. The molecule has 0 heterocycles. The van der Waals surface area contributed by atoms with Crippen molar-refractivity contribution in [3.05, 3.63) is 41.1 Å². The summed E-state index contributed by atoms with van der Waals surface area (Å²) in [5, 5.41) is 1.31. The lowest BCUT2D eigenvalue weighted by molar-refractivity contribution is 0.447. The van der Waals surface area contributed by atoms with Crippen molar-refractivity contribution >= 4 is 15.3 Å². The molecule has 1 rings (SSSR count). The zero-order valence-electron chi connectivity index (χ0n) is 8.29. The van der Waals surface area contributed by atoms with E-state index < -0.39 is 0 Å². The highest BCUT2D eigenvalue weighted by Gasteiger charge is 2.00. The molecule has 1 nitrogen and oxygen atoms in total. The zero-order valence-corrected chi connectivity index (χ0v) is 9.29. The Kier molecular flexibility index (Phi) is 3.93. The summed E-state index contributed by atoms with van der Waals surface area (Å²) >= 11 is 0. The van der Waals surface area contributed by atoms with Crippen LogP contribution in [0.15, 0.2) is 35.5 Å². The van der Waals surface area contributed by atoms with E-state index in [1.807, 2.05) is 6.07 Å². The molecule has 0 aliphatic carbocycles. The Bertz CT molecular complexity index is 290. The molecule has 0 aromatic heterocycles. The molecule has 2 heteroatoms. The van der Waals surface area contributed by atoms with Crippen LogP contribution in [0.1, 0.15) is 19.4 Å². The maximum absolute atomic E-state index is 5.12. The third kappa shape index (κ3) is 2.83. The second kappa shape index (κ2) is 4.99. The van der Waals surface area contributed by atoms with E-state index in [0.717, 1.165) is 0 Å². The molecule has 0 aliphatic heterocycles. The van der Waals surface area contributed by atoms with E-state index in [9.17, 15) is 0 Å². The average Bonchev–Trinajstić information content (AvgIpc) is 2.18. The second-order valence-corrected chi connectivity index (χ2v) is 4.28. The molecule has 0 spiro atoms. The summed E-state index contributed by atoms with van der Waals surface area (Å²) in [6, 6.07) is 10.4. The zero-order chi connectivity index (χ0) is 9.68. The van der Waals surface area contributed by atoms with E-state index in [1.54, 1.807) is 7.11 Å². The van der Waals surface area contributed by atoms with Gasteiger partial charge >= 0.3 is 0 Å². The molecule has 2 radical (unpaired) electrons. The summed E-state index contributed by atoms with van der Waals surface area (Å²) in [5.41, 5.74) is 2.60. The standard InChI is InChI=1S/C11H14OSi/c1-9(10(2)13-12-3)11-7-5-4-6-8-11/h4-8H,1-3H3. The molecule has 0 saturated carbocycles. The average molecular weight is 190 g/mol. The van der Waals surface area contributed by atoms with E-state index in [0.29, 0.717) is 9.76 Å². The van der Waals surface area contributed by atoms with Crippen molar-refractivity contribution in [2.75, 3.05) is 7.11 Å². The van der Waals surface area contributed by atoms with Crippen molar-refractivity contribution in [1.29, 1.82) is 0 Å². The lowest BCUT2D eigenvalue weighted by Crippen LogP contribution is -1.98. The van der Waals surface area contributed by atoms with Crippen LogP contribution in [0.5, 0.6) is 0 Å². The van der Waals surface area contributed by atoms with Gasteiger partial charge in [-0.05, 0) is 25.0 Å². The van der Waals surface area contributed by atoms with Gasteiger partial charge in [0.1, 0.15) is 0 Å². The number of hydrogen-bond donors (Lipinski definition) is 0. The van der Waals surface area contributed by atoms with Crippen LogP contribution in [-0.4, -0.2) is 16.9 Å². The van der Waals surface area contributed by atoms with Gasteiger partial charge in [-0.25, -0.2) is 0 Å². The van der Waals surface area contributed by atoms with Gasteiger partial charge in [-0.3, -0.25) is 0 Å². The summed E-state index contributed by atoms with van der Waals surface area (Å²) in [6.07, 6.45) is 0. The van der Waals surface area contributed by atoms with E-state index in [2.05, 4.69) is 38.1 Å². The Morgan fingerprint density at radius 2 is 1.77 bits per heavy atom. The summed E-state index contributed by atoms with van der Waals surface area (Å²) < 4.78 is 5.12. The van der Waals surface area contributed by atoms with Gasteiger partial charge in [-0.2, -0.15) is 0 Å². The molecule has 1 aromatic rings. The van der Waals surface area contributed by atoms with Crippen LogP contribution in [0.25, 0.3) is 5.57 Å². The molecule has 0 aliphatic rings. The monoisotopic (exact) mass is 190 g/mol. The first-order valence-corrected chi connectivity index (χ1v) is 5.18. The Morgan fingerprint density at radius 3 is 2.31 bits per heavy atom. The van der Waals surface area contributed by atoms with Crippen molar-refractivity contribution in [3.63, 3.8) is 0 Å². The fourth-order valence-corrected chi connectivity index (χ4v) is 1.74. The number of benzene rings is 1. The van der Waals surface area contributed by atoms with Crippen LogP contribution in [0.2, 0.25) is 0 Å². The third-order valence-electron chi connectivity index (χ3n) is 2.02. The molecular weight excluding hydrogens is 176 g/mol. The minimum Gasteiger partial charge on any atom is -0.415 e. The predicted octanol–water partition coefficient (Wildman–Crippen LogP) is 2.70. The van der Waals surface area contributed by atoms with Gasteiger partial charge in [-0.1, -0.05) is 35.5 Å². The van der Waals surface area contributed by atoms with Crippen LogP contribution in [0, 0.1) is 0 Å². The van der Waals surface area contributed by atoms with Crippen molar-refractivity contribution in [2.24, 2.45) is 0 Å². The van der Waals surface area contributed by atoms with E-state index in [-0.39, 0.29) is 0 Å². The summed E-state index contributed by atoms with van der Waals surface area (Å²) in [4.78, 5) is 0. The Hall–Kier alpha value is -0.863. The number of hydrogen-bond acceptors (Lipinski definition) is 1. The lowest BCUT2D eigenvalue weighted by Gasteiger charge is -2.05. The second-order valence-electron chi connectivity index (χ2n) is 2.92. The van der Waals surface area contributed by atoms with Crippen molar-refractivity contribution < 1.29 is 4.43 Å². The third-order valence-corrected chi connectivity index (χ3v) is 2.91. The van der Waals surface area contributed by atoms with Crippen LogP contribution >= 0.6 is 0 Å². The minimum absolute atomic E-state index is 0.474. The number of rotatable bonds is 3. The van der Waals surface area contributed by atoms with E-state index in [4.69, 9.17) is 4.43 Å². The molecule has 13 heavy (non-hydrogen) atoms. The van der Waals surface area contributed by atoms with Crippen LogP contribution in [0.3, 0.4) is 0 Å². The van der Waals surface area contributed by atoms with Gasteiger partial charge in [-0.15, -0.1) is 0 Å². The van der Waals surface area contributed by atoms with E-state index in [1.165, 1.54) is 16.3 Å².